The molecule has 0 amide bonds. The first-order valence-electron chi connectivity index (χ1n) is 10.6. The van der Waals surface area contributed by atoms with Crippen molar-refractivity contribution >= 4 is 25.8 Å². The van der Waals surface area contributed by atoms with Gasteiger partial charge in [0.1, 0.15) is 5.76 Å². The molecule has 0 unspecified atom stereocenters. The lowest BCUT2D eigenvalue weighted by atomic mass is 10.1. The monoisotopic (exact) mass is 428 g/mol. The summed E-state index contributed by atoms with van der Waals surface area (Å²) in [7, 11) is -2.06. The van der Waals surface area contributed by atoms with Gasteiger partial charge in [0.05, 0.1) is 6.10 Å². The van der Waals surface area contributed by atoms with Crippen LogP contribution in [0.4, 0.5) is 0 Å². The largest absolute Gasteiger partial charge is 0.542 e. The van der Waals surface area contributed by atoms with E-state index in [1.807, 2.05) is 36.4 Å². The summed E-state index contributed by atoms with van der Waals surface area (Å²) < 4.78 is 6.99. The molecule has 158 valence electrons. The lowest BCUT2D eigenvalue weighted by molar-refractivity contribution is 0.204. The second kappa shape index (κ2) is 11.0. The zero-order chi connectivity index (χ0) is 21.4. The van der Waals surface area contributed by atoms with E-state index in [1.165, 1.54) is 0 Å². The summed E-state index contributed by atoms with van der Waals surface area (Å²) in [4.78, 5) is 0. The lowest BCUT2D eigenvalue weighted by Crippen LogP contribution is -2.47. The van der Waals surface area contributed by atoms with Crippen LogP contribution >= 0.6 is 11.8 Å². The van der Waals surface area contributed by atoms with Crippen LogP contribution in [0, 0.1) is 0 Å². The molecule has 0 radical (unpaired) electrons. The van der Waals surface area contributed by atoms with Crippen molar-refractivity contribution in [1.29, 1.82) is 0 Å². The molecule has 1 atom stereocenters. The minimum absolute atomic E-state index is 0.489. The number of aliphatic hydroxyl groups is 1. The highest BCUT2D eigenvalue weighted by Gasteiger charge is 2.47. The van der Waals surface area contributed by atoms with Crippen LogP contribution in [-0.2, 0) is 4.43 Å². The summed E-state index contributed by atoms with van der Waals surface area (Å²) in [5.74, 6) is 1.54. The minimum Gasteiger partial charge on any atom is -0.542 e. The number of benzene rings is 2. The summed E-state index contributed by atoms with van der Waals surface area (Å²) >= 11 is 1.62. The number of hydrogen-bond acceptors (Lipinski definition) is 3. The van der Waals surface area contributed by atoms with Gasteiger partial charge in [0.25, 0.3) is 8.32 Å². The van der Waals surface area contributed by atoms with E-state index >= 15 is 0 Å². The Morgan fingerprint density at radius 1 is 0.862 bits per heavy atom. The summed E-state index contributed by atoms with van der Waals surface area (Å²) in [6.07, 6.45) is -0.489. The van der Waals surface area contributed by atoms with Crippen molar-refractivity contribution in [2.45, 2.75) is 64.3 Å². The number of thioether (sulfide) groups is 1. The molecule has 0 saturated heterocycles. The molecule has 0 heterocycles. The Balaban J connectivity index is 2.28. The van der Waals surface area contributed by atoms with Gasteiger partial charge in [-0.3, -0.25) is 0 Å². The molecule has 2 aromatic rings. The fourth-order valence-electron chi connectivity index (χ4n) is 4.28. The van der Waals surface area contributed by atoms with Gasteiger partial charge in [0, 0.05) is 16.7 Å². The molecule has 2 nitrogen and oxygen atoms in total. The summed E-state index contributed by atoms with van der Waals surface area (Å²) in [5.41, 5.74) is 3.58. The van der Waals surface area contributed by atoms with Crippen LogP contribution in [0.5, 0.6) is 0 Å². The quantitative estimate of drug-likeness (QED) is 0.311. The Bertz CT molecular complexity index is 735. The Labute approximate surface area is 182 Å². The topological polar surface area (TPSA) is 29.5 Å². The van der Waals surface area contributed by atoms with Gasteiger partial charge >= 0.3 is 0 Å². The van der Waals surface area contributed by atoms with Gasteiger partial charge < -0.3 is 9.53 Å². The maximum atomic E-state index is 10.5. The second-order valence-corrected chi connectivity index (χ2v) is 14.8. The van der Waals surface area contributed by atoms with Gasteiger partial charge in [-0.15, -0.1) is 11.8 Å². The molecule has 29 heavy (non-hydrogen) atoms. The molecule has 2 aromatic carbocycles. The van der Waals surface area contributed by atoms with E-state index in [0.717, 1.165) is 16.9 Å². The molecule has 0 aliphatic heterocycles. The molecular weight excluding hydrogens is 392 g/mol. The van der Waals surface area contributed by atoms with E-state index in [0.29, 0.717) is 22.4 Å². The van der Waals surface area contributed by atoms with Gasteiger partial charge in [-0.25, -0.2) is 0 Å². The highest BCUT2D eigenvalue weighted by molar-refractivity contribution is 8.02. The molecule has 0 bridgehead atoms. The fourth-order valence-corrected chi connectivity index (χ4v) is 10.4. The van der Waals surface area contributed by atoms with Crippen LogP contribution < -0.4 is 0 Å². The van der Waals surface area contributed by atoms with Crippen molar-refractivity contribution in [3.05, 3.63) is 77.2 Å². The maximum Gasteiger partial charge on any atom is 0.258 e. The predicted molar refractivity (Wildman–Crippen MR) is 130 cm³/mol. The standard InChI is InChI=1S/C25H36O2SSi/c1-19(2)29(20(3)4,21(5)6)27-25(23-15-11-8-12-16-23)18-28-17-24(26)22-13-9-7-10-14-22/h7-16,18-21,24,26H,17H2,1-6H3/b25-18-/t24-/m1/s1. The van der Waals surface area contributed by atoms with E-state index in [-0.39, 0.29) is 0 Å². The van der Waals surface area contributed by atoms with E-state index in [9.17, 15) is 5.11 Å². The third-order valence-electron chi connectivity index (χ3n) is 5.68. The SMILES string of the molecule is CC(C)[Si](O/C(=C\SC[C@@H](O)c1ccccc1)c1ccccc1)(C(C)C)C(C)C. The molecule has 0 saturated carbocycles. The number of rotatable bonds is 10. The van der Waals surface area contributed by atoms with Crippen LogP contribution in [-0.4, -0.2) is 19.2 Å². The first kappa shape index (κ1) is 23.8. The van der Waals surface area contributed by atoms with E-state index < -0.39 is 14.4 Å². The molecule has 0 spiro atoms. The molecular formula is C25H36O2SSi. The van der Waals surface area contributed by atoms with Crippen molar-refractivity contribution in [3.8, 4) is 0 Å². The first-order chi connectivity index (χ1) is 13.8. The van der Waals surface area contributed by atoms with Crippen LogP contribution in [0.1, 0.15) is 58.8 Å². The van der Waals surface area contributed by atoms with Crippen molar-refractivity contribution in [2.24, 2.45) is 0 Å². The average Bonchev–Trinajstić information content (AvgIpc) is 2.70. The van der Waals surface area contributed by atoms with Gasteiger partial charge in [0.15, 0.2) is 0 Å². The van der Waals surface area contributed by atoms with E-state index in [1.54, 1.807) is 11.8 Å². The summed E-state index contributed by atoms with van der Waals surface area (Å²) in [5, 5.41) is 12.6. The first-order valence-corrected chi connectivity index (χ1v) is 13.8. The van der Waals surface area contributed by atoms with Crippen molar-refractivity contribution in [1.82, 2.24) is 0 Å². The Kier molecular flexibility index (Phi) is 9.06. The molecule has 1 N–H and O–H groups in total. The molecule has 4 heteroatoms. The van der Waals surface area contributed by atoms with Crippen molar-refractivity contribution in [2.75, 3.05) is 5.75 Å². The smallest absolute Gasteiger partial charge is 0.258 e. The van der Waals surface area contributed by atoms with E-state index in [4.69, 9.17) is 4.43 Å². The molecule has 0 fully saturated rings. The normalized spacial score (nSPS) is 13.9. The predicted octanol–water partition coefficient (Wildman–Crippen LogP) is 7.64. The molecule has 0 aromatic heterocycles. The highest BCUT2D eigenvalue weighted by Crippen LogP contribution is 2.45. The zero-order valence-corrected chi connectivity index (χ0v) is 20.4. The van der Waals surface area contributed by atoms with Gasteiger partial charge in [-0.2, -0.15) is 0 Å². The summed E-state index contributed by atoms with van der Waals surface area (Å²) in [6.45, 7) is 13.8. The third-order valence-corrected chi connectivity index (χ3v) is 12.6. The van der Waals surface area contributed by atoms with Gasteiger partial charge in [-0.05, 0) is 22.2 Å². The number of aliphatic hydroxyl groups excluding tert-OH is 1. The Morgan fingerprint density at radius 3 is 1.83 bits per heavy atom. The molecule has 2 rings (SSSR count). The molecule has 0 aliphatic rings. The fraction of sp³-hybridized carbons (Fsp3) is 0.440. The van der Waals surface area contributed by atoms with Crippen LogP contribution in [0.3, 0.4) is 0 Å². The van der Waals surface area contributed by atoms with Crippen LogP contribution in [0.25, 0.3) is 5.76 Å². The van der Waals surface area contributed by atoms with Gasteiger partial charge in [0.2, 0.25) is 0 Å². The Hall–Kier alpha value is -1.49. The average molecular weight is 429 g/mol. The minimum atomic E-state index is -2.06. The van der Waals surface area contributed by atoms with Crippen LogP contribution in [0.2, 0.25) is 16.6 Å². The third kappa shape index (κ3) is 6.00. The molecule has 0 aliphatic carbocycles. The Morgan fingerprint density at radius 2 is 1.34 bits per heavy atom. The number of hydrogen-bond donors (Lipinski definition) is 1. The van der Waals surface area contributed by atoms with Crippen molar-refractivity contribution in [3.63, 3.8) is 0 Å². The van der Waals surface area contributed by atoms with Crippen molar-refractivity contribution < 1.29 is 9.53 Å². The maximum absolute atomic E-state index is 10.5. The highest BCUT2D eigenvalue weighted by atomic mass is 32.2. The lowest BCUT2D eigenvalue weighted by Gasteiger charge is -2.43. The zero-order valence-electron chi connectivity index (χ0n) is 18.6. The van der Waals surface area contributed by atoms with E-state index in [2.05, 4.69) is 71.2 Å². The van der Waals surface area contributed by atoms with Gasteiger partial charge in [-0.1, -0.05) is 102 Å². The van der Waals surface area contributed by atoms with Crippen LogP contribution in [0.15, 0.2) is 66.1 Å². The summed E-state index contributed by atoms with van der Waals surface area (Å²) in [6, 6.07) is 20.2. The second-order valence-electron chi connectivity index (χ2n) is 8.53.